The second-order valence-corrected chi connectivity index (χ2v) is 5.97. The number of furan rings is 1. The highest BCUT2D eigenvalue weighted by Crippen LogP contribution is 2.16. The molecule has 0 radical (unpaired) electrons. The lowest BCUT2D eigenvalue weighted by atomic mass is 10.4. The first-order valence-electron chi connectivity index (χ1n) is 6.05. The van der Waals surface area contributed by atoms with Crippen LogP contribution in [0.2, 0.25) is 0 Å². The van der Waals surface area contributed by atoms with E-state index in [1.165, 1.54) is 0 Å². The van der Waals surface area contributed by atoms with Gasteiger partial charge >= 0.3 is 0 Å². The van der Waals surface area contributed by atoms with Crippen molar-refractivity contribution in [3.63, 3.8) is 0 Å². The van der Waals surface area contributed by atoms with Crippen LogP contribution < -0.4 is 5.32 Å². The van der Waals surface area contributed by atoms with Crippen molar-refractivity contribution in [3.8, 4) is 0 Å². The molecule has 0 bridgehead atoms. The molecule has 112 valence electrons. The van der Waals surface area contributed by atoms with E-state index < -0.39 is 4.92 Å². The number of hydrogen-bond acceptors (Lipinski definition) is 7. The van der Waals surface area contributed by atoms with Gasteiger partial charge in [-0.25, -0.2) is 0 Å². The third-order valence-corrected chi connectivity index (χ3v) is 3.47. The van der Waals surface area contributed by atoms with Crippen molar-refractivity contribution in [2.75, 3.05) is 26.4 Å². The van der Waals surface area contributed by atoms with Crippen LogP contribution >= 0.6 is 24.4 Å². The molecule has 0 amide bonds. The molecule has 8 heteroatoms. The lowest BCUT2D eigenvalue weighted by molar-refractivity contribution is -0.403. The topological polar surface area (TPSA) is 71.5 Å². The molecule has 0 aromatic carbocycles. The minimum Gasteiger partial charge on any atom is -0.464 e. The average molecular weight is 317 g/mol. The zero-order valence-electron chi connectivity index (χ0n) is 11.5. The van der Waals surface area contributed by atoms with Gasteiger partial charge in [-0.2, -0.15) is 11.8 Å². The van der Waals surface area contributed by atoms with E-state index in [-0.39, 0.29) is 5.03 Å². The van der Waals surface area contributed by atoms with E-state index in [0.29, 0.717) is 6.54 Å². The average Bonchev–Trinajstić information content (AvgIpc) is 2.74. The molecule has 20 heavy (non-hydrogen) atoms. The quantitative estimate of drug-likeness (QED) is 0.315. The van der Waals surface area contributed by atoms with Crippen LogP contribution in [0.15, 0.2) is 27.8 Å². The first-order chi connectivity index (χ1) is 9.47. The molecule has 0 fully saturated rings. The predicted octanol–water partition coefficient (Wildman–Crippen LogP) is 2.17. The molecule has 0 aliphatic heterocycles. The summed E-state index contributed by atoms with van der Waals surface area (Å²) >= 11 is 5.65. The smallest absolute Gasteiger partial charge is 0.263 e. The van der Waals surface area contributed by atoms with Gasteiger partial charge in [0.2, 0.25) is 0 Å². The summed E-state index contributed by atoms with van der Waals surface area (Å²) < 4.78 is 5.68. The van der Waals surface area contributed by atoms with Crippen molar-refractivity contribution in [1.29, 1.82) is 0 Å². The summed E-state index contributed by atoms with van der Waals surface area (Å²) in [5, 5.41) is 13.3. The van der Waals surface area contributed by atoms with Crippen molar-refractivity contribution in [1.82, 2.24) is 10.2 Å². The minimum atomic E-state index is -0.530. The molecule has 0 saturated carbocycles. The second kappa shape index (κ2) is 8.93. The fourth-order valence-electron chi connectivity index (χ4n) is 1.47. The Labute approximate surface area is 128 Å². The normalized spacial score (nSPS) is 11.9. The van der Waals surface area contributed by atoms with E-state index in [9.17, 15) is 10.1 Å². The van der Waals surface area contributed by atoms with E-state index in [4.69, 9.17) is 4.42 Å². The Morgan fingerprint density at radius 3 is 2.90 bits per heavy atom. The number of thioether (sulfide) groups is 1. The molecule has 1 rings (SSSR count). The lowest BCUT2D eigenvalue weighted by Crippen LogP contribution is -2.14. The molecule has 0 saturated heterocycles. The van der Waals surface area contributed by atoms with E-state index in [2.05, 4.69) is 22.8 Å². The summed E-state index contributed by atoms with van der Waals surface area (Å²) in [5.74, 6) is 3.50. The highest BCUT2D eigenvalue weighted by Gasteiger charge is 2.03. The fraction of sp³-hybridized carbons (Fsp3) is 0.500. The summed E-state index contributed by atoms with van der Waals surface area (Å²) in [4.78, 5) is 11.7. The van der Waals surface area contributed by atoms with Crippen molar-refractivity contribution < 1.29 is 9.34 Å². The number of nitrogens with one attached hydrogen (secondary N) is 1. The number of hydrogen-bond donors (Lipinski definition) is 2. The molecule has 1 aromatic rings. The van der Waals surface area contributed by atoms with Crippen LogP contribution in [0.3, 0.4) is 0 Å². The van der Waals surface area contributed by atoms with Crippen LogP contribution in [0.4, 0.5) is 0 Å². The number of nitrogens with zero attached hydrogens (tertiary/aromatic N) is 2. The van der Waals surface area contributed by atoms with Crippen LogP contribution in [0.25, 0.3) is 0 Å². The van der Waals surface area contributed by atoms with Crippen LogP contribution in [0.5, 0.6) is 0 Å². The molecule has 6 nitrogen and oxygen atoms in total. The van der Waals surface area contributed by atoms with Crippen molar-refractivity contribution in [2.45, 2.75) is 12.3 Å². The molecular formula is C12H19N3O3S2. The Hall–Kier alpha value is -1.12. The number of rotatable bonds is 9. The standard InChI is InChI=1S/C12H19N3O3S2/c1-14(2)7-10-3-4-11(18-10)9-20-6-5-13-12(19)8-15(16)17/h3-4,8,13,19H,5-7,9H2,1-2H3. The Morgan fingerprint density at radius 1 is 1.55 bits per heavy atom. The van der Waals surface area contributed by atoms with Gasteiger partial charge in [0.05, 0.1) is 17.2 Å². The van der Waals surface area contributed by atoms with Crippen molar-refractivity contribution >= 4 is 24.4 Å². The third kappa shape index (κ3) is 7.46. The second-order valence-electron chi connectivity index (χ2n) is 4.38. The maximum absolute atomic E-state index is 10.2. The van der Waals surface area contributed by atoms with Gasteiger partial charge in [0, 0.05) is 12.3 Å². The Bertz CT molecular complexity index is 461. The van der Waals surface area contributed by atoms with Gasteiger partial charge in [-0.3, -0.25) is 10.1 Å². The number of thiol groups is 1. The Kier molecular flexibility index (Phi) is 7.56. The summed E-state index contributed by atoms with van der Waals surface area (Å²) in [6, 6.07) is 3.97. The molecule has 1 heterocycles. The van der Waals surface area contributed by atoms with Crippen LogP contribution in [0, 0.1) is 10.1 Å². The number of nitro groups is 1. The highest BCUT2D eigenvalue weighted by molar-refractivity contribution is 7.98. The molecular weight excluding hydrogens is 298 g/mol. The zero-order valence-corrected chi connectivity index (χ0v) is 13.2. The van der Waals surface area contributed by atoms with Gasteiger partial charge < -0.3 is 14.6 Å². The molecule has 0 unspecified atom stereocenters. The van der Waals surface area contributed by atoms with E-state index in [1.807, 2.05) is 26.2 Å². The van der Waals surface area contributed by atoms with Crippen LogP contribution in [0.1, 0.15) is 11.5 Å². The van der Waals surface area contributed by atoms with E-state index in [0.717, 1.165) is 35.8 Å². The largest absolute Gasteiger partial charge is 0.464 e. The minimum absolute atomic E-state index is 0.266. The van der Waals surface area contributed by atoms with Gasteiger partial charge in [-0.1, -0.05) is 0 Å². The fourth-order valence-corrected chi connectivity index (χ4v) is 2.42. The van der Waals surface area contributed by atoms with Crippen LogP contribution in [-0.4, -0.2) is 36.2 Å². The molecule has 1 aromatic heterocycles. The van der Waals surface area contributed by atoms with Crippen molar-refractivity contribution in [3.05, 3.63) is 45.0 Å². The van der Waals surface area contributed by atoms with Crippen molar-refractivity contribution in [2.24, 2.45) is 0 Å². The molecule has 0 aliphatic rings. The van der Waals surface area contributed by atoms with Gasteiger partial charge in [-0.15, -0.1) is 12.6 Å². The zero-order chi connectivity index (χ0) is 15.0. The van der Waals surface area contributed by atoms with Crippen LogP contribution in [-0.2, 0) is 12.3 Å². The molecule has 0 aliphatic carbocycles. The Morgan fingerprint density at radius 2 is 2.25 bits per heavy atom. The maximum atomic E-state index is 10.2. The predicted molar refractivity (Wildman–Crippen MR) is 84.3 cm³/mol. The van der Waals surface area contributed by atoms with Gasteiger partial charge in [0.1, 0.15) is 16.5 Å². The lowest BCUT2D eigenvalue weighted by Gasteiger charge is -2.06. The summed E-state index contributed by atoms with van der Waals surface area (Å²) in [7, 11) is 3.99. The first-order valence-corrected chi connectivity index (χ1v) is 7.66. The van der Waals surface area contributed by atoms with Gasteiger partial charge in [-0.05, 0) is 26.2 Å². The van der Waals surface area contributed by atoms with E-state index >= 15 is 0 Å². The third-order valence-electron chi connectivity index (χ3n) is 2.21. The molecule has 0 atom stereocenters. The Balaban J connectivity index is 2.18. The van der Waals surface area contributed by atoms with Gasteiger partial charge in [0.15, 0.2) is 0 Å². The summed E-state index contributed by atoms with van der Waals surface area (Å²) in [5.41, 5.74) is 0. The summed E-state index contributed by atoms with van der Waals surface area (Å²) in [6.07, 6.45) is 0.841. The van der Waals surface area contributed by atoms with E-state index in [1.54, 1.807) is 11.8 Å². The SMILES string of the molecule is CN(C)Cc1ccc(CSCCNC(S)=C[N+](=O)[O-])o1. The maximum Gasteiger partial charge on any atom is 0.263 e. The summed E-state index contributed by atoms with van der Waals surface area (Å²) in [6.45, 7) is 1.42. The monoisotopic (exact) mass is 317 g/mol. The highest BCUT2D eigenvalue weighted by atomic mass is 32.2. The molecule has 1 N–H and O–H groups in total. The molecule has 0 spiro atoms. The first kappa shape index (κ1) is 16.9. The van der Waals surface area contributed by atoms with Gasteiger partial charge in [0.25, 0.3) is 6.20 Å².